The molecule has 0 atom stereocenters. The molecule has 1 aliphatic heterocycles. The molecule has 2 N–H and O–H groups in total. The Morgan fingerprint density at radius 1 is 1.23 bits per heavy atom. The van der Waals surface area contributed by atoms with Crippen molar-refractivity contribution in [2.24, 2.45) is 5.73 Å². The van der Waals surface area contributed by atoms with Gasteiger partial charge in [0.15, 0.2) is 0 Å². The Morgan fingerprint density at radius 3 is 1.92 bits per heavy atom. The van der Waals surface area contributed by atoms with Crippen LogP contribution in [0.25, 0.3) is 0 Å². The second kappa shape index (κ2) is 5.63. The molecule has 4 heteroatoms. The van der Waals surface area contributed by atoms with Crippen LogP contribution in [0.4, 0.5) is 0 Å². The van der Waals surface area contributed by atoms with Crippen LogP contribution < -0.4 is 5.73 Å². The van der Waals surface area contributed by atoms with Gasteiger partial charge in [0.2, 0.25) is 0 Å². The first-order valence-electron chi connectivity index (χ1n) is 5.03. The first kappa shape index (κ1) is 12.9. The Balaban J connectivity index is 0.000000671. The van der Waals surface area contributed by atoms with E-state index in [1.54, 1.807) is 0 Å². The SMILES string of the molecule is CC.CC(C)B1OCC(C)(N)CO1. The largest absolute Gasteiger partial charge is 0.459 e. The molecular formula is C9H22BNO2. The normalized spacial score (nSPS) is 21.0. The van der Waals surface area contributed by atoms with E-state index in [0.29, 0.717) is 19.0 Å². The summed E-state index contributed by atoms with van der Waals surface area (Å²) in [4.78, 5) is 0. The lowest BCUT2D eigenvalue weighted by Crippen LogP contribution is -2.53. The minimum atomic E-state index is -0.300. The highest BCUT2D eigenvalue weighted by Crippen LogP contribution is 2.17. The van der Waals surface area contributed by atoms with Gasteiger partial charge in [-0.3, -0.25) is 0 Å². The fourth-order valence-electron chi connectivity index (χ4n) is 1.02. The van der Waals surface area contributed by atoms with Crippen LogP contribution in [0.15, 0.2) is 0 Å². The average molecular weight is 187 g/mol. The maximum Gasteiger partial charge on any atom is 0.459 e. The summed E-state index contributed by atoms with van der Waals surface area (Å²) in [5.41, 5.74) is 5.49. The topological polar surface area (TPSA) is 44.5 Å². The van der Waals surface area contributed by atoms with E-state index in [0.717, 1.165) is 0 Å². The van der Waals surface area contributed by atoms with Crippen LogP contribution in [0.1, 0.15) is 34.6 Å². The third-order valence-electron chi connectivity index (χ3n) is 1.70. The Kier molecular flexibility index (Phi) is 5.60. The van der Waals surface area contributed by atoms with Crippen molar-refractivity contribution in [1.82, 2.24) is 0 Å². The highest BCUT2D eigenvalue weighted by Gasteiger charge is 2.34. The summed E-state index contributed by atoms with van der Waals surface area (Å²) in [6.07, 6.45) is 0. The summed E-state index contributed by atoms with van der Waals surface area (Å²) in [5.74, 6) is 0.408. The average Bonchev–Trinajstić information content (AvgIpc) is 2.07. The molecule has 0 saturated carbocycles. The zero-order valence-corrected chi connectivity index (χ0v) is 9.46. The molecular weight excluding hydrogens is 165 g/mol. The molecule has 1 rings (SSSR count). The summed E-state index contributed by atoms with van der Waals surface area (Å²) >= 11 is 0. The van der Waals surface area contributed by atoms with Gasteiger partial charge in [-0.1, -0.05) is 27.7 Å². The highest BCUT2D eigenvalue weighted by atomic mass is 16.6. The predicted octanol–water partition coefficient (Wildman–Crippen LogP) is 1.68. The number of nitrogens with two attached hydrogens (primary N) is 1. The quantitative estimate of drug-likeness (QED) is 0.635. The van der Waals surface area contributed by atoms with Crippen LogP contribution in [0.3, 0.4) is 0 Å². The van der Waals surface area contributed by atoms with E-state index in [1.165, 1.54) is 0 Å². The summed E-state index contributed by atoms with van der Waals surface area (Å²) in [6, 6.07) is 0. The van der Waals surface area contributed by atoms with Crippen LogP contribution in [-0.4, -0.2) is 25.9 Å². The van der Waals surface area contributed by atoms with E-state index >= 15 is 0 Å². The smallest absolute Gasteiger partial charge is 0.409 e. The molecule has 0 aromatic heterocycles. The minimum absolute atomic E-state index is 0.0633. The van der Waals surface area contributed by atoms with Crippen LogP contribution in [0, 0.1) is 0 Å². The van der Waals surface area contributed by atoms with Gasteiger partial charge < -0.3 is 15.0 Å². The lowest BCUT2D eigenvalue weighted by molar-refractivity contribution is 0.0641. The van der Waals surface area contributed by atoms with Crippen molar-refractivity contribution in [2.45, 2.75) is 46.0 Å². The second-order valence-corrected chi connectivity index (χ2v) is 3.89. The molecule has 13 heavy (non-hydrogen) atoms. The van der Waals surface area contributed by atoms with Crippen LogP contribution in [0.5, 0.6) is 0 Å². The first-order valence-corrected chi connectivity index (χ1v) is 5.03. The molecule has 0 aliphatic carbocycles. The molecule has 1 aliphatic rings. The van der Waals surface area contributed by atoms with Gasteiger partial charge in [0, 0.05) is 0 Å². The Labute approximate surface area is 82.1 Å². The van der Waals surface area contributed by atoms with Gasteiger partial charge in [0.1, 0.15) is 0 Å². The third-order valence-corrected chi connectivity index (χ3v) is 1.70. The van der Waals surface area contributed by atoms with Gasteiger partial charge in [-0.2, -0.15) is 0 Å². The van der Waals surface area contributed by atoms with Crippen molar-refractivity contribution in [3.05, 3.63) is 0 Å². The van der Waals surface area contributed by atoms with Crippen molar-refractivity contribution in [2.75, 3.05) is 13.2 Å². The molecule has 0 unspecified atom stereocenters. The number of hydrogen-bond donors (Lipinski definition) is 1. The van der Waals surface area contributed by atoms with E-state index in [1.807, 2.05) is 20.8 Å². The summed E-state index contributed by atoms with van der Waals surface area (Å²) < 4.78 is 10.8. The molecule has 0 amide bonds. The molecule has 78 valence electrons. The molecule has 0 aromatic carbocycles. The van der Waals surface area contributed by atoms with Gasteiger partial charge in [-0.25, -0.2) is 0 Å². The molecule has 0 aromatic rings. The fraction of sp³-hybridized carbons (Fsp3) is 1.00. The standard InChI is InChI=1S/C7H16BNO2.C2H6/c1-6(2)8-10-4-7(3,9)5-11-8;1-2/h6H,4-5,9H2,1-3H3;1-2H3. The molecule has 1 heterocycles. The van der Waals surface area contributed by atoms with Crippen molar-refractivity contribution in [1.29, 1.82) is 0 Å². The second-order valence-electron chi connectivity index (χ2n) is 3.89. The molecule has 1 saturated heterocycles. The maximum atomic E-state index is 5.79. The Morgan fingerprint density at radius 2 is 1.62 bits per heavy atom. The number of hydrogen-bond acceptors (Lipinski definition) is 3. The predicted molar refractivity (Wildman–Crippen MR) is 56.7 cm³/mol. The zero-order valence-electron chi connectivity index (χ0n) is 9.46. The van der Waals surface area contributed by atoms with E-state index in [4.69, 9.17) is 15.0 Å². The molecule has 0 bridgehead atoms. The maximum absolute atomic E-state index is 5.79. The minimum Gasteiger partial charge on any atom is -0.409 e. The van der Waals surface area contributed by atoms with Crippen molar-refractivity contribution in [3.8, 4) is 0 Å². The monoisotopic (exact) mass is 187 g/mol. The molecule has 3 nitrogen and oxygen atoms in total. The van der Waals surface area contributed by atoms with Gasteiger partial charge in [0.05, 0.1) is 18.8 Å². The first-order chi connectivity index (χ1) is 6.01. The van der Waals surface area contributed by atoms with Crippen LogP contribution in [-0.2, 0) is 9.31 Å². The van der Waals surface area contributed by atoms with Gasteiger partial charge in [-0.15, -0.1) is 0 Å². The van der Waals surface area contributed by atoms with E-state index < -0.39 is 0 Å². The number of rotatable bonds is 1. The molecule has 0 spiro atoms. The lowest BCUT2D eigenvalue weighted by atomic mass is 9.73. The van der Waals surface area contributed by atoms with Gasteiger partial charge in [0.25, 0.3) is 0 Å². The van der Waals surface area contributed by atoms with Crippen LogP contribution >= 0.6 is 0 Å². The highest BCUT2D eigenvalue weighted by molar-refractivity contribution is 6.46. The molecule has 1 fully saturated rings. The summed E-state index contributed by atoms with van der Waals surface area (Å²) in [6.45, 7) is 11.3. The van der Waals surface area contributed by atoms with Crippen molar-refractivity contribution >= 4 is 7.12 Å². The van der Waals surface area contributed by atoms with E-state index in [2.05, 4.69) is 13.8 Å². The van der Waals surface area contributed by atoms with Crippen LogP contribution in [0.2, 0.25) is 5.82 Å². The van der Waals surface area contributed by atoms with E-state index in [-0.39, 0.29) is 12.7 Å². The lowest BCUT2D eigenvalue weighted by Gasteiger charge is -2.34. The summed E-state index contributed by atoms with van der Waals surface area (Å²) in [5, 5.41) is 0. The van der Waals surface area contributed by atoms with Gasteiger partial charge in [-0.05, 0) is 12.7 Å². The Hall–Kier alpha value is -0.0551. The Bertz CT molecular complexity index is 130. The van der Waals surface area contributed by atoms with Crippen molar-refractivity contribution in [3.63, 3.8) is 0 Å². The summed E-state index contributed by atoms with van der Waals surface area (Å²) in [7, 11) is -0.0633. The third kappa shape index (κ3) is 4.65. The van der Waals surface area contributed by atoms with E-state index in [9.17, 15) is 0 Å². The zero-order chi connectivity index (χ0) is 10.5. The van der Waals surface area contributed by atoms with Gasteiger partial charge >= 0.3 is 7.12 Å². The fourth-order valence-corrected chi connectivity index (χ4v) is 1.02. The van der Waals surface area contributed by atoms with Crippen molar-refractivity contribution < 1.29 is 9.31 Å². The molecule has 0 radical (unpaired) electrons.